The van der Waals surface area contributed by atoms with Crippen molar-refractivity contribution in [3.63, 3.8) is 0 Å². The molecule has 0 unspecified atom stereocenters. The van der Waals surface area contributed by atoms with Crippen molar-refractivity contribution in [3.8, 4) is 5.75 Å². The average molecular weight is 296 g/mol. The maximum absolute atomic E-state index is 5.95. The zero-order chi connectivity index (χ0) is 13.7. The minimum absolute atomic E-state index is 0.350. The number of nitrogens with zero attached hydrogens (tertiary/aromatic N) is 2. The van der Waals surface area contributed by atoms with Crippen molar-refractivity contribution < 1.29 is 4.74 Å². The van der Waals surface area contributed by atoms with Gasteiger partial charge in [-0.3, -0.25) is 5.10 Å². The highest BCUT2D eigenvalue weighted by Crippen LogP contribution is 2.21. The summed E-state index contributed by atoms with van der Waals surface area (Å²) in [5.74, 6) is 2.24. The fourth-order valence-corrected chi connectivity index (χ4v) is 2.07. The van der Waals surface area contributed by atoms with Gasteiger partial charge in [-0.15, -0.1) is 11.7 Å². The maximum Gasteiger partial charge on any atom is 0.208 e. The van der Waals surface area contributed by atoms with E-state index in [0.717, 1.165) is 22.1 Å². The molecule has 1 aromatic carbocycles. The summed E-state index contributed by atoms with van der Waals surface area (Å²) in [5, 5.41) is 8.35. The van der Waals surface area contributed by atoms with Crippen LogP contribution in [0.15, 0.2) is 36.0 Å². The molecule has 0 atom stereocenters. The minimum atomic E-state index is 0.350. The second kappa shape index (κ2) is 6.63. The Morgan fingerprint density at radius 2 is 2.37 bits per heavy atom. The van der Waals surface area contributed by atoms with Crippen molar-refractivity contribution in [2.75, 3.05) is 5.75 Å². The zero-order valence-corrected chi connectivity index (χ0v) is 12.1. The van der Waals surface area contributed by atoms with Gasteiger partial charge in [0.25, 0.3) is 0 Å². The molecular weight excluding hydrogens is 282 g/mol. The Bertz CT molecular complexity index is 571. The maximum atomic E-state index is 5.95. The van der Waals surface area contributed by atoms with Crippen LogP contribution in [-0.2, 0) is 6.61 Å². The lowest BCUT2D eigenvalue weighted by atomic mass is 10.2. The number of aromatic amines is 1. The normalized spacial score (nSPS) is 10.4. The van der Waals surface area contributed by atoms with E-state index in [1.54, 1.807) is 0 Å². The smallest absolute Gasteiger partial charge is 0.208 e. The number of aryl methyl sites for hydroxylation is 1. The van der Waals surface area contributed by atoms with Gasteiger partial charge in [0.15, 0.2) is 5.82 Å². The standard InChI is InChI=1S/C13H14ClN3OS/c1-3-6-19-13-15-12(16-17-13)8-18-10-4-5-11(14)9(2)7-10/h3-5,7H,1,6,8H2,2H3,(H,15,16,17). The van der Waals surface area contributed by atoms with Crippen molar-refractivity contribution in [2.45, 2.75) is 18.7 Å². The van der Waals surface area contributed by atoms with E-state index >= 15 is 0 Å². The van der Waals surface area contributed by atoms with Crippen molar-refractivity contribution in [1.82, 2.24) is 15.2 Å². The van der Waals surface area contributed by atoms with Crippen LogP contribution in [-0.4, -0.2) is 20.9 Å². The van der Waals surface area contributed by atoms with Crippen molar-refractivity contribution in [2.24, 2.45) is 0 Å². The van der Waals surface area contributed by atoms with Crippen LogP contribution in [0.3, 0.4) is 0 Å². The van der Waals surface area contributed by atoms with Gasteiger partial charge in [0.2, 0.25) is 5.16 Å². The number of thioether (sulfide) groups is 1. The third kappa shape index (κ3) is 4.01. The average Bonchev–Trinajstić information content (AvgIpc) is 2.86. The topological polar surface area (TPSA) is 50.8 Å². The van der Waals surface area contributed by atoms with E-state index in [4.69, 9.17) is 16.3 Å². The van der Waals surface area contributed by atoms with E-state index in [1.807, 2.05) is 31.2 Å². The fourth-order valence-electron chi connectivity index (χ4n) is 1.40. The van der Waals surface area contributed by atoms with Crippen LogP contribution < -0.4 is 4.74 Å². The summed E-state index contributed by atoms with van der Waals surface area (Å²) in [4.78, 5) is 4.30. The SMILES string of the molecule is C=CCSc1n[nH]c(COc2ccc(Cl)c(C)c2)n1. The van der Waals surface area contributed by atoms with Gasteiger partial charge in [0, 0.05) is 10.8 Å². The van der Waals surface area contributed by atoms with Gasteiger partial charge in [-0.05, 0) is 30.7 Å². The Balaban J connectivity index is 1.92. The summed E-state index contributed by atoms with van der Waals surface area (Å²) in [7, 11) is 0. The number of nitrogens with one attached hydrogen (secondary N) is 1. The number of rotatable bonds is 6. The minimum Gasteiger partial charge on any atom is -0.486 e. The van der Waals surface area contributed by atoms with Gasteiger partial charge < -0.3 is 4.74 Å². The molecule has 0 aliphatic carbocycles. The van der Waals surface area contributed by atoms with E-state index in [-0.39, 0.29) is 0 Å². The first-order valence-electron chi connectivity index (χ1n) is 5.73. The van der Waals surface area contributed by atoms with E-state index in [9.17, 15) is 0 Å². The molecule has 0 fully saturated rings. The Hall–Kier alpha value is -1.46. The van der Waals surface area contributed by atoms with Crippen LogP contribution in [0.1, 0.15) is 11.4 Å². The molecular formula is C13H14ClN3OS. The molecule has 0 aliphatic heterocycles. The van der Waals surface area contributed by atoms with E-state index < -0.39 is 0 Å². The van der Waals surface area contributed by atoms with E-state index in [1.165, 1.54) is 11.8 Å². The first kappa shape index (κ1) is 14.0. The number of H-pyrrole nitrogens is 1. The van der Waals surface area contributed by atoms with Crippen LogP contribution in [0.4, 0.5) is 0 Å². The summed E-state index contributed by atoms with van der Waals surface area (Å²) in [6.45, 7) is 5.94. The molecule has 2 rings (SSSR count). The highest BCUT2D eigenvalue weighted by molar-refractivity contribution is 7.99. The molecule has 100 valence electrons. The Kier molecular flexibility index (Phi) is 4.87. The van der Waals surface area contributed by atoms with Crippen LogP contribution in [0, 0.1) is 6.92 Å². The second-order valence-corrected chi connectivity index (χ2v) is 5.26. The Labute approximate surface area is 121 Å². The monoisotopic (exact) mass is 295 g/mol. The van der Waals surface area contributed by atoms with Crippen LogP contribution in [0.25, 0.3) is 0 Å². The first-order chi connectivity index (χ1) is 9.19. The lowest BCUT2D eigenvalue weighted by Crippen LogP contribution is -1.97. The van der Waals surface area contributed by atoms with Crippen LogP contribution in [0.2, 0.25) is 5.02 Å². The van der Waals surface area contributed by atoms with Gasteiger partial charge in [-0.25, -0.2) is 4.98 Å². The molecule has 4 nitrogen and oxygen atoms in total. The fraction of sp³-hybridized carbons (Fsp3) is 0.231. The number of benzene rings is 1. The number of aromatic nitrogens is 3. The van der Waals surface area contributed by atoms with Crippen molar-refractivity contribution in [3.05, 3.63) is 47.3 Å². The molecule has 0 saturated heterocycles. The summed E-state index contributed by atoms with van der Waals surface area (Å²) in [6.07, 6.45) is 1.81. The predicted molar refractivity (Wildman–Crippen MR) is 77.8 cm³/mol. The third-order valence-corrected chi connectivity index (χ3v) is 3.61. The second-order valence-electron chi connectivity index (χ2n) is 3.86. The summed E-state index contributed by atoms with van der Waals surface area (Å²) in [5.41, 5.74) is 0.985. The van der Waals surface area contributed by atoms with Crippen molar-refractivity contribution >= 4 is 23.4 Å². The summed E-state index contributed by atoms with van der Waals surface area (Å²) < 4.78 is 5.62. The predicted octanol–water partition coefficient (Wildman–Crippen LogP) is 3.62. The van der Waals surface area contributed by atoms with Crippen LogP contribution >= 0.6 is 23.4 Å². The zero-order valence-electron chi connectivity index (χ0n) is 10.5. The molecule has 0 aliphatic rings. The van der Waals surface area contributed by atoms with Gasteiger partial charge in [0.05, 0.1) is 0 Å². The molecule has 0 amide bonds. The number of halogens is 1. The molecule has 2 aromatic rings. The van der Waals surface area contributed by atoms with Crippen molar-refractivity contribution in [1.29, 1.82) is 0 Å². The molecule has 0 spiro atoms. The Morgan fingerprint density at radius 1 is 1.53 bits per heavy atom. The first-order valence-corrected chi connectivity index (χ1v) is 7.09. The van der Waals surface area contributed by atoms with Gasteiger partial charge >= 0.3 is 0 Å². The third-order valence-electron chi connectivity index (χ3n) is 2.35. The molecule has 0 saturated carbocycles. The summed E-state index contributed by atoms with van der Waals surface area (Å²) in [6, 6.07) is 5.54. The number of hydrogen-bond acceptors (Lipinski definition) is 4. The highest BCUT2D eigenvalue weighted by atomic mass is 35.5. The number of ether oxygens (including phenoxy) is 1. The van der Waals surface area contributed by atoms with Gasteiger partial charge in [-0.1, -0.05) is 29.4 Å². The van der Waals surface area contributed by atoms with E-state index in [2.05, 4.69) is 21.8 Å². The molecule has 0 radical (unpaired) electrons. The van der Waals surface area contributed by atoms with E-state index in [0.29, 0.717) is 17.6 Å². The van der Waals surface area contributed by atoms with Gasteiger partial charge in [-0.2, -0.15) is 0 Å². The number of hydrogen-bond donors (Lipinski definition) is 1. The highest BCUT2D eigenvalue weighted by Gasteiger charge is 2.04. The largest absolute Gasteiger partial charge is 0.486 e. The lowest BCUT2D eigenvalue weighted by Gasteiger charge is -2.05. The van der Waals surface area contributed by atoms with Crippen LogP contribution in [0.5, 0.6) is 5.75 Å². The molecule has 0 bridgehead atoms. The summed E-state index contributed by atoms with van der Waals surface area (Å²) >= 11 is 7.48. The molecule has 6 heteroatoms. The quantitative estimate of drug-likeness (QED) is 0.653. The molecule has 19 heavy (non-hydrogen) atoms. The molecule has 1 N–H and O–H groups in total. The Morgan fingerprint density at radius 3 is 3.11 bits per heavy atom. The molecule has 1 heterocycles. The molecule has 1 aromatic heterocycles. The van der Waals surface area contributed by atoms with Gasteiger partial charge in [0.1, 0.15) is 12.4 Å². The lowest BCUT2D eigenvalue weighted by molar-refractivity contribution is 0.296.